The van der Waals surface area contributed by atoms with Crippen LogP contribution in [0.15, 0.2) is 30.9 Å². The normalized spacial score (nSPS) is 12.3. The Balaban J connectivity index is 1.74. The highest BCUT2D eigenvalue weighted by Crippen LogP contribution is 2.19. The van der Waals surface area contributed by atoms with E-state index in [1.165, 1.54) is 4.68 Å². The summed E-state index contributed by atoms with van der Waals surface area (Å²) in [7, 11) is 0. The Morgan fingerprint density at radius 3 is 2.96 bits per heavy atom. The van der Waals surface area contributed by atoms with Crippen LogP contribution in [0.25, 0.3) is 11.0 Å². The van der Waals surface area contributed by atoms with Crippen LogP contribution in [0.3, 0.4) is 0 Å². The number of carbonyl (C=O) groups is 1. The van der Waals surface area contributed by atoms with Gasteiger partial charge in [0.25, 0.3) is 0 Å². The Hall–Kier alpha value is -2.94. The van der Waals surface area contributed by atoms with E-state index in [4.69, 9.17) is 4.74 Å². The van der Waals surface area contributed by atoms with Crippen molar-refractivity contribution in [2.75, 3.05) is 18.5 Å². The number of anilines is 2. The molecular weight excluding hydrogens is 348 g/mol. The number of hydrogen-bond donors (Lipinski definition) is 2. The van der Waals surface area contributed by atoms with Gasteiger partial charge in [0.1, 0.15) is 12.2 Å². The second kappa shape index (κ2) is 8.63. The lowest BCUT2D eigenvalue weighted by Crippen LogP contribution is -2.13. The summed E-state index contributed by atoms with van der Waals surface area (Å²) in [5.74, 6) is 0.292. The lowest BCUT2D eigenvalue weighted by molar-refractivity contribution is -0.144. The molecule has 2 N–H and O–H groups in total. The maximum Gasteiger partial charge on any atom is 0.327 e. The predicted molar refractivity (Wildman–Crippen MR) is 101 cm³/mol. The number of aromatic nitrogens is 5. The van der Waals surface area contributed by atoms with Crippen molar-refractivity contribution in [3.8, 4) is 0 Å². The third kappa shape index (κ3) is 4.62. The smallest absolute Gasteiger partial charge is 0.327 e. The number of fused-ring (bicyclic) bond motifs is 1. The van der Waals surface area contributed by atoms with E-state index in [2.05, 4.69) is 27.3 Å². The van der Waals surface area contributed by atoms with E-state index in [0.717, 1.165) is 17.5 Å². The lowest BCUT2D eigenvalue weighted by atomic mass is 10.1. The number of nitrogens with one attached hydrogen (secondary N) is 1. The molecule has 0 aliphatic rings. The molecule has 9 nitrogen and oxygen atoms in total. The summed E-state index contributed by atoms with van der Waals surface area (Å²) in [5.41, 5.74) is 1.48. The maximum absolute atomic E-state index is 11.5. The number of rotatable bonds is 9. The molecule has 0 bridgehead atoms. The fraction of sp³-hybridized carbons (Fsp3) is 0.444. The summed E-state index contributed by atoms with van der Waals surface area (Å²) >= 11 is 0. The summed E-state index contributed by atoms with van der Waals surface area (Å²) in [6.45, 7) is 5.06. The van der Waals surface area contributed by atoms with E-state index >= 15 is 0 Å². The third-order valence-electron chi connectivity index (χ3n) is 4.28. The van der Waals surface area contributed by atoms with Crippen molar-refractivity contribution < 1.29 is 14.6 Å². The number of hydrogen-bond acceptors (Lipinski definition) is 7. The molecule has 0 amide bonds. The van der Waals surface area contributed by atoms with Gasteiger partial charge in [0.2, 0.25) is 5.95 Å². The van der Waals surface area contributed by atoms with Gasteiger partial charge in [0.15, 0.2) is 0 Å². The van der Waals surface area contributed by atoms with Gasteiger partial charge in [-0.3, -0.25) is 9.48 Å². The number of aliphatic hydroxyl groups excluding tert-OH is 1. The second-order valence-electron chi connectivity index (χ2n) is 6.25. The minimum absolute atomic E-state index is 0.0534. The standard InChI is InChI=1S/C18H24N6O3/c1-3-13(12-25)9-23-6-5-14-7-19-18(22-17(14)23)21-15-8-20-24(10-15)11-16(26)27-4-2/h5-8,10,13,25H,3-4,9,11-12H2,1-2H3,(H,19,21,22). The molecule has 3 aromatic heterocycles. The van der Waals surface area contributed by atoms with Gasteiger partial charge in [0, 0.05) is 37.1 Å². The summed E-state index contributed by atoms with van der Waals surface area (Å²) in [4.78, 5) is 20.4. The Morgan fingerprint density at radius 2 is 2.22 bits per heavy atom. The Morgan fingerprint density at radius 1 is 1.37 bits per heavy atom. The van der Waals surface area contributed by atoms with Crippen LogP contribution in [0.4, 0.5) is 11.6 Å². The molecule has 0 fully saturated rings. The number of ether oxygens (including phenoxy) is 1. The van der Waals surface area contributed by atoms with Crippen molar-refractivity contribution >= 4 is 28.6 Å². The van der Waals surface area contributed by atoms with E-state index in [1.54, 1.807) is 25.5 Å². The van der Waals surface area contributed by atoms with E-state index in [1.807, 2.05) is 16.8 Å². The minimum Gasteiger partial charge on any atom is -0.465 e. The summed E-state index contributed by atoms with van der Waals surface area (Å²) in [6.07, 6.45) is 7.90. The second-order valence-corrected chi connectivity index (χ2v) is 6.25. The van der Waals surface area contributed by atoms with E-state index < -0.39 is 0 Å². The third-order valence-corrected chi connectivity index (χ3v) is 4.28. The van der Waals surface area contributed by atoms with Crippen molar-refractivity contribution in [3.05, 3.63) is 30.9 Å². The monoisotopic (exact) mass is 372 g/mol. The van der Waals surface area contributed by atoms with Gasteiger partial charge < -0.3 is 19.7 Å². The van der Waals surface area contributed by atoms with Crippen LogP contribution in [0.1, 0.15) is 20.3 Å². The SMILES string of the molecule is CCOC(=O)Cn1cc(Nc2ncc3ccn(CC(CC)CO)c3n2)cn1. The molecule has 0 spiro atoms. The molecule has 0 saturated heterocycles. The zero-order valence-corrected chi connectivity index (χ0v) is 15.5. The summed E-state index contributed by atoms with van der Waals surface area (Å²) < 4.78 is 8.43. The van der Waals surface area contributed by atoms with Crippen molar-refractivity contribution in [1.82, 2.24) is 24.3 Å². The highest BCUT2D eigenvalue weighted by atomic mass is 16.5. The minimum atomic E-state index is -0.336. The first-order valence-electron chi connectivity index (χ1n) is 9.00. The van der Waals surface area contributed by atoms with Gasteiger partial charge >= 0.3 is 5.97 Å². The van der Waals surface area contributed by atoms with Crippen LogP contribution in [0, 0.1) is 5.92 Å². The van der Waals surface area contributed by atoms with Crippen LogP contribution in [-0.4, -0.2) is 48.6 Å². The average molecular weight is 372 g/mol. The molecule has 3 rings (SSSR count). The Kier molecular flexibility index (Phi) is 6.02. The number of esters is 1. The average Bonchev–Trinajstić information content (AvgIpc) is 3.26. The molecule has 0 aliphatic carbocycles. The quantitative estimate of drug-likeness (QED) is 0.553. The summed E-state index contributed by atoms with van der Waals surface area (Å²) in [5, 5.41) is 17.6. The fourth-order valence-electron chi connectivity index (χ4n) is 2.75. The topological polar surface area (TPSA) is 107 Å². The van der Waals surface area contributed by atoms with Crippen LogP contribution in [-0.2, 0) is 22.6 Å². The highest BCUT2D eigenvalue weighted by molar-refractivity contribution is 5.76. The molecule has 0 radical (unpaired) electrons. The molecule has 1 unspecified atom stereocenters. The molecule has 9 heteroatoms. The van der Waals surface area contributed by atoms with Gasteiger partial charge in [-0.25, -0.2) is 4.98 Å². The molecule has 0 aliphatic heterocycles. The molecular formula is C18H24N6O3. The van der Waals surface area contributed by atoms with E-state index in [9.17, 15) is 9.90 Å². The van der Waals surface area contributed by atoms with Crippen molar-refractivity contribution in [1.29, 1.82) is 0 Å². The zero-order chi connectivity index (χ0) is 19.2. The van der Waals surface area contributed by atoms with Gasteiger partial charge in [-0.05, 0) is 25.3 Å². The van der Waals surface area contributed by atoms with Crippen LogP contribution in [0.5, 0.6) is 0 Å². The fourth-order valence-corrected chi connectivity index (χ4v) is 2.75. The Bertz CT molecular complexity index is 900. The number of aliphatic hydroxyl groups is 1. The zero-order valence-electron chi connectivity index (χ0n) is 15.5. The molecule has 3 aromatic rings. The molecule has 0 aromatic carbocycles. The van der Waals surface area contributed by atoms with E-state index in [0.29, 0.717) is 24.8 Å². The molecule has 27 heavy (non-hydrogen) atoms. The van der Waals surface area contributed by atoms with Crippen LogP contribution in [0.2, 0.25) is 0 Å². The largest absolute Gasteiger partial charge is 0.465 e. The summed E-state index contributed by atoms with van der Waals surface area (Å²) in [6, 6.07) is 1.96. The van der Waals surface area contributed by atoms with Crippen molar-refractivity contribution in [3.63, 3.8) is 0 Å². The van der Waals surface area contributed by atoms with Gasteiger partial charge in [0.05, 0.1) is 18.5 Å². The van der Waals surface area contributed by atoms with Gasteiger partial charge in [-0.1, -0.05) is 6.92 Å². The lowest BCUT2D eigenvalue weighted by Gasteiger charge is -2.13. The first-order valence-corrected chi connectivity index (χ1v) is 9.00. The molecule has 1 atom stereocenters. The van der Waals surface area contributed by atoms with Crippen molar-refractivity contribution in [2.24, 2.45) is 5.92 Å². The van der Waals surface area contributed by atoms with Gasteiger partial charge in [-0.15, -0.1) is 0 Å². The van der Waals surface area contributed by atoms with E-state index in [-0.39, 0.29) is 25.0 Å². The highest BCUT2D eigenvalue weighted by Gasteiger charge is 2.11. The predicted octanol–water partition coefficient (Wildman–Crippen LogP) is 1.95. The van der Waals surface area contributed by atoms with Crippen LogP contribution >= 0.6 is 0 Å². The van der Waals surface area contributed by atoms with Gasteiger partial charge in [-0.2, -0.15) is 10.1 Å². The molecule has 144 valence electrons. The van der Waals surface area contributed by atoms with Crippen LogP contribution < -0.4 is 5.32 Å². The maximum atomic E-state index is 11.5. The number of nitrogens with zero attached hydrogens (tertiary/aromatic N) is 5. The Labute approximate surface area is 157 Å². The van der Waals surface area contributed by atoms with Crippen molar-refractivity contribution in [2.45, 2.75) is 33.4 Å². The first-order chi connectivity index (χ1) is 13.1. The first kappa shape index (κ1) is 18.8. The number of carbonyl (C=O) groups excluding carboxylic acids is 1. The molecule has 0 saturated carbocycles. The molecule has 3 heterocycles.